The van der Waals surface area contributed by atoms with E-state index >= 15 is 0 Å². The molecule has 1 aromatic rings. The molecule has 1 heterocycles. The lowest BCUT2D eigenvalue weighted by Crippen LogP contribution is -2.30. The first-order valence-electron chi connectivity index (χ1n) is 4.92. The van der Waals surface area contributed by atoms with E-state index in [0.717, 1.165) is 12.4 Å². The van der Waals surface area contributed by atoms with Gasteiger partial charge in [0, 0.05) is 18.8 Å². The topological polar surface area (TPSA) is 28.2 Å². The van der Waals surface area contributed by atoms with Gasteiger partial charge in [0.15, 0.2) is 0 Å². The first kappa shape index (κ1) is 11.0. The fourth-order valence-corrected chi connectivity index (χ4v) is 1.46. The van der Waals surface area contributed by atoms with Crippen LogP contribution in [0.15, 0.2) is 18.3 Å². The van der Waals surface area contributed by atoms with Gasteiger partial charge in [-0.15, -0.1) is 0 Å². The third-order valence-corrected chi connectivity index (χ3v) is 2.03. The Hall–Kier alpha value is -1.09. The van der Waals surface area contributed by atoms with Crippen LogP contribution in [0.1, 0.15) is 12.5 Å². The highest BCUT2D eigenvalue weighted by molar-refractivity contribution is 5.43. The van der Waals surface area contributed by atoms with E-state index in [2.05, 4.69) is 49.2 Å². The van der Waals surface area contributed by atoms with Gasteiger partial charge in [-0.1, -0.05) is 6.07 Å². The van der Waals surface area contributed by atoms with Gasteiger partial charge < -0.3 is 10.2 Å². The number of likely N-dealkylation sites (N-methyl/N-ethyl adjacent to an activating group) is 1. The van der Waals surface area contributed by atoms with Gasteiger partial charge in [-0.25, -0.2) is 4.98 Å². The van der Waals surface area contributed by atoms with Crippen LogP contribution in [0.4, 0.5) is 5.82 Å². The molecule has 0 amide bonds. The van der Waals surface area contributed by atoms with Gasteiger partial charge in [-0.05, 0) is 39.6 Å². The Morgan fingerprint density at radius 3 is 2.79 bits per heavy atom. The minimum atomic E-state index is 0.415. The molecule has 0 aliphatic heterocycles. The molecule has 1 N–H and O–H groups in total. The number of aryl methyl sites for hydroxylation is 1. The Labute approximate surface area is 86.2 Å². The summed E-state index contributed by atoms with van der Waals surface area (Å²) >= 11 is 0. The predicted octanol–water partition coefficient (Wildman–Crippen LogP) is 1.75. The molecule has 0 aliphatic carbocycles. The standard InChI is InChI=1S/C11H19N3/c1-9-6-5-7-12-11(9)13-10(2)8-14(3)4/h5-7,10H,8H2,1-4H3,(H,12,13). The zero-order valence-corrected chi connectivity index (χ0v) is 9.41. The van der Waals surface area contributed by atoms with E-state index in [1.807, 2.05) is 12.3 Å². The third-order valence-electron chi connectivity index (χ3n) is 2.03. The Kier molecular flexibility index (Phi) is 3.89. The van der Waals surface area contributed by atoms with E-state index in [4.69, 9.17) is 0 Å². The molecule has 1 atom stereocenters. The molecule has 3 heteroatoms. The number of aromatic nitrogens is 1. The minimum Gasteiger partial charge on any atom is -0.366 e. The first-order valence-corrected chi connectivity index (χ1v) is 4.92. The van der Waals surface area contributed by atoms with Crippen LogP contribution in [-0.4, -0.2) is 36.6 Å². The third kappa shape index (κ3) is 3.34. The summed E-state index contributed by atoms with van der Waals surface area (Å²) < 4.78 is 0. The molecule has 1 unspecified atom stereocenters. The van der Waals surface area contributed by atoms with Crippen LogP contribution in [0, 0.1) is 6.92 Å². The quantitative estimate of drug-likeness (QED) is 0.789. The number of nitrogens with one attached hydrogen (secondary N) is 1. The Balaban J connectivity index is 2.56. The van der Waals surface area contributed by atoms with E-state index in [1.165, 1.54) is 5.56 Å². The van der Waals surface area contributed by atoms with Crippen LogP contribution in [0.3, 0.4) is 0 Å². The molecule has 0 saturated carbocycles. The average Bonchev–Trinajstić information content (AvgIpc) is 2.07. The molecule has 0 aliphatic rings. The average molecular weight is 193 g/mol. The molecule has 1 rings (SSSR count). The summed E-state index contributed by atoms with van der Waals surface area (Å²) in [5.41, 5.74) is 1.19. The van der Waals surface area contributed by atoms with Gasteiger partial charge >= 0.3 is 0 Å². The van der Waals surface area contributed by atoms with Gasteiger partial charge in [0.2, 0.25) is 0 Å². The van der Waals surface area contributed by atoms with Crippen LogP contribution in [0.5, 0.6) is 0 Å². The summed E-state index contributed by atoms with van der Waals surface area (Å²) in [6.07, 6.45) is 1.82. The van der Waals surface area contributed by atoms with Gasteiger partial charge in [-0.2, -0.15) is 0 Å². The molecule has 14 heavy (non-hydrogen) atoms. The molecule has 0 fully saturated rings. The van der Waals surface area contributed by atoms with Crippen molar-refractivity contribution in [2.24, 2.45) is 0 Å². The van der Waals surface area contributed by atoms with Crippen LogP contribution in [0.2, 0.25) is 0 Å². The highest BCUT2D eigenvalue weighted by atomic mass is 15.1. The van der Waals surface area contributed by atoms with E-state index < -0.39 is 0 Å². The Morgan fingerprint density at radius 2 is 2.21 bits per heavy atom. The van der Waals surface area contributed by atoms with E-state index in [9.17, 15) is 0 Å². The smallest absolute Gasteiger partial charge is 0.129 e. The van der Waals surface area contributed by atoms with Crippen molar-refractivity contribution in [3.05, 3.63) is 23.9 Å². The highest BCUT2D eigenvalue weighted by Gasteiger charge is 2.05. The van der Waals surface area contributed by atoms with Crippen molar-refractivity contribution in [1.82, 2.24) is 9.88 Å². The van der Waals surface area contributed by atoms with Crippen LogP contribution in [0.25, 0.3) is 0 Å². The zero-order chi connectivity index (χ0) is 10.6. The maximum atomic E-state index is 4.30. The number of pyridine rings is 1. The molecular weight excluding hydrogens is 174 g/mol. The molecule has 0 radical (unpaired) electrons. The second kappa shape index (κ2) is 4.96. The van der Waals surface area contributed by atoms with E-state index in [1.54, 1.807) is 0 Å². The fourth-order valence-electron chi connectivity index (χ4n) is 1.46. The second-order valence-electron chi connectivity index (χ2n) is 3.98. The summed E-state index contributed by atoms with van der Waals surface area (Å²) in [5, 5.41) is 3.39. The van der Waals surface area contributed by atoms with Crippen molar-refractivity contribution in [2.75, 3.05) is 26.0 Å². The molecule has 3 nitrogen and oxygen atoms in total. The largest absolute Gasteiger partial charge is 0.366 e. The minimum absolute atomic E-state index is 0.415. The maximum Gasteiger partial charge on any atom is 0.129 e. The summed E-state index contributed by atoms with van der Waals surface area (Å²) in [5.74, 6) is 0.988. The van der Waals surface area contributed by atoms with Crippen LogP contribution in [-0.2, 0) is 0 Å². The lowest BCUT2D eigenvalue weighted by Gasteiger charge is -2.19. The van der Waals surface area contributed by atoms with Crippen molar-refractivity contribution in [2.45, 2.75) is 19.9 Å². The normalized spacial score (nSPS) is 12.9. The number of hydrogen-bond donors (Lipinski definition) is 1. The number of rotatable bonds is 4. The van der Waals surface area contributed by atoms with Crippen molar-refractivity contribution in [3.8, 4) is 0 Å². The molecule has 0 spiro atoms. The molecule has 0 saturated heterocycles. The highest BCUT2D eigenvalue weighted by Crippen LogP contribution is 2.10. The lowest BCUT2D eigenvalue weighted by molar-refractivity contribution is 0.392. The Bertz CT molecular complexity index is 284. The van der Waals surface area contributed by atoms with Crippen molar-refractivity contribution >= 4 is 5.82 Å². The molecular formula is C11H19N3. The number of nitrogens with zero attached hydrogens (tertiary/aromatic N) is 2. The van der Waals surface area contributed by atoms with Crippen molar-refractivity contribution in [1.29, 1.82) is 0 Å². The molecule has 0 aromatic carbocycles. The van der Waals surface area contributed by atoms with Crippen molar-refractivity contribution in [3.63, 3.8) is 0 Å². The van der Waals surface area contributed by atoms with Gasteiger partial charge in [0.25, 0.3) is 0 Å². The van der Waals surface area contributed by atoms with E-state index in [-0.39, 0.29) is 0 Å². The monoisotopic (exact) mass is 193 g/mol. The summed E-state index contributed by atoms with van der Waals surface area (Å²) in [7, 11) is 4.15. The van der Waals surface area contributed by atoms with Gasteiger partial charge in [-0.3, -0.25) is 0 Å². The number of anilines is 1. The van der Waals surface area contributed by atoms with Crippen molar-refractivity contribution < 1.29 is 0 Å². The van der Waals surface area contributed by atoms with Gasteiger partial charge in [0.05, 0.1) is 0 Å². The summed E-state index contributed by atoms with van der Waals surface area (Å²) in [4.78, 5) is 6.46. The van der Waals surface area contributed by atoms with Crippen LogP contribution < -0.4 is 5.32 Å². The predicted molar refractivity (Wildman–Crippen MR) is 60.6 cm³/mol. The SMILES string of the molecule is Cc1cccnc1NC(C)CN(C)C. The maximum absolute atomic E-state index is 4.30. The molecule has 1 aromatic heterocycles. The fraction of sp³-hybridized carbons (Fsp3) is 0.545. The first-order chi connectivity index (χ1) is 6.59. The summed E-state index contributed by atoms with van der Waals surface area (Å²) in [6.45, 7) is 5.24. The summed E-state index contributed by atoms with van der Waals surface area (Å²) in [6, 6.07) is 4.44. The molecule has 78 valence electrons. The number of hydrogen-bond acceptors (Lipinski definition) is 3. The Morgan fingerprint density at radius 1 is 1.50 bits per heavy atom. The van der Waals surface area contributed by atoms with E-state index in [0.29, 0.717) is 6.04 Å². The lowest BCUT2D eigenvalue weighted by atomic mass is 10.2. The zero-order valence-electron chi connectivity index (χ0n) is 9.41. The second-order valence-corrected chi connectivity index (χ2v) is 3.98. The van der Waals surface area contributed by atoms with Crippen LogP contribution >= 0.6 is 0 Å². The molecule has 0 bridgehead atoms. The van der Waals surface area contributed by atoms with Gasteiger partial charge in [0.1, 0.15) is 5.82 Å².